The summed E-state index contributed by atoms with van der Waals surface area (Å²) in [5.41, 5.74) is 5.19. The van der Waals surface area contributed by atoms with Crippen LogP contribution in [-0.4, -0.2) is 26.2 Å². The number of hydrogen-bond donors (Lipinski definition) is 2. The van der Waals surface area contributed by atoms with Gasteiger partial charge in [0.15, 0.2) is 0 Å². The number of nitrogens with one attached hydrogen (secondary N) is 2. The quantitative estimate of drug-likeness (QED) is 0.419. The Morgan fingerprint density at radius 3 is 2.17 bits per heavy atom. The minimum absolute atomic E-state index is 0.0953. The Morgan fingerprint density at radius 2 is 1.57 bits per heavy atom. The highest BCUT2D eigenvalue weighted by Gasteiger charge is 2.21. The standard InChI is InChI=1S/C27H29N5O3/c1-5-31-26-25(18(3)30-32(26)22-9-7-6-8-10-22)17(2)23(27(31)35)15-16-24(34)29-21-13-11-20(12-14-21)28-19(4)33/h6-14H,5,15-16H2,1-4H3,(H,28,33)(H,29,34). The van der Waals surface area contributed by atoms with Gasteiger partial charge < -0.3 is 10.6 Å². The van der Waals surface area contributed by atoms with Gasteiger partial charge in [-0.2, -0.15) is 5.10 Å². The average Bonchev–Trinajstić information content (AvgIpc) is 3.18. The van der Waals surface area contributed by atoms with Gasteiger partial charge >= 0.3 is 0 Å². The first kappa shape index (κ1) is 23.9. The van der Waals surface area contributed by atoms with Crippen molar-refractivity contribution in [3.05, 3.63) is 81.8 Å². The summed E-state index contributed by atoms with van der Waals surface area (Å²) in [5, 5.41) is 11.2. The first-order chi connectivity index (χ1) is 16.8. The van der Waals surface area contributed by atoms with E-state index in [0.29, 0.717) is 29.9 Å². The fraction of sp³-hybridized carbons (Fsp3) is 0.259. The number of fused-ring (bicyclic) bond motifs is 1. The Balaban J connectivity index is 1.60. The van der Waals surface area contributed by atoms with Crippen LogP contribution in [0.15, 0.2) is 59.4 Å². The molecule has 0 spiro atoms. The smallest absolute Gasteiger partial charge is 0.255 e. The van der Waals surface area contributed by atoms with Crippen LogP contribution in [0, 0.1) is 13.8 Å². The second-order valence-electron chi connectivity index (χ2n) is 8.49. The number of carbonyl (C=O) groups excluding carboxylic acids is 2. The summed E-state index contributed by atoms with van der Waals surface area (Å²) in [5.74, 6) is -0.340. The predicted octanol–water partition coefficient (Wildman–Crippen LogP) is 4.35. The maximum absolute atomic E-state index is 13.5. The maximum atomic E-state index is 13.5. The summed E-state index contributed by atoms with van der Waals surface area (Å²) in [7, 11) is 0. The molecule has 0 aliphatic rings. The van der Waals surface area contributed by atoms with Gasteiger partial charge in [0.2, 0.25) is 11.8 Å². The molecule has 2 N–H and O–H groups in total. The van der Waals surface area contributed by atoms with Gasteiger partial charge in [-0.15, -0.1) is 0 Å². The number of anilines is 2. The van der Waals surface area contributed by atoms with Gasteiger partial charge in [-0.05, 0) is 69.2 Å². The summed E-state index contributed by atoms with van der Waals surface area (Å²) in [6.07, 6.45) is 0.497. The highest BCUT2D eigenvalue weighted by Crippen LogP contribution is 2.26. The normalized spacial score (nSPS) is 11.0. The van der Waals surface area contributed by atoms with E-state index < -0.39 is 0 Å². The molecule has 0 saturated heterocycles. The molecule has 0 radical (unpaired) electrons. The molecular weight excluding hydrogens is 442 g/mol. The third kappa shape index (κ3) is 4.87. The largest absolute Gasteiger partial charge is 0.326 e. The van der Waals surface area contributed by atoms with E-state index >= 15 is 0 Å². The van der Waals surface area contributed by atoms with Crippen molar-refractivity contribution in [1.29, 1.82) is 0 Å². The van der Waals surface area contributed by atoms with E-state index in [9.17, 15) is 14.4 Å². The third-order valence-corrected chi connectivity index (χ3v) is 6.03. The van der Waals surface area contributed by atoms with Crippen LogP contribution < -0.4 is 16.2 Å². The first-order valence-corrected chi connectivity index (χ1v) is 11.6. The molecule has 2 aromatic carbocycles. The van der Waals surface area contributed by atoms with Crippen LogP contribution in [0.4, 0.5) is 11.4 Å². The molecule has 0 aliphatic heterocycles. The van der Waals surface area contributed by atoms with Crippen LogP contribution in [0.1, 0.15) is 37.1 Å². The topological polar surface area (TPSA) is 98.0 Å². The molecule has 8 nitrogen and oxygen atoms in total. The number of rotatable bonds is 7. The van der Waals surface area contributed by atoms with E-state index in [1.54, 1.807) is 28.8 Å². The minimum Gasteiger partial charge on any atom is -0.326 e. The van der Waals surface area contributed by atoms with Crippen LogP contribution >= 0.6 is 0 Å². The number of carbonyl (C=O) groups is 2. The van der Waals surface area contributed by atoms with E-state index in [0.717, 1.165) is 28.0 Å². The van der Waals surface area contributed by atoms with E-state index in [-0.39, 0.29) is 23.8 Å². The van der Waals surface area contributed by atoms with Crippen LogP contribution in [0.25, 0.3) is 16.7 Å². The molecule has 8 heteroatoms. The van der Waals surface area contributed by atoms with Crippen molar-refractivity contribution in [1.82, 2.24) is 14.3 Å². The molecule has 2 heterocycles. The molecule has 4 aromatic rings. The third-order valence-electron chi connectivity index (χ3n) is 6.03. The number of hydrogen-bond acceptors (Lipinski definition) is 4. The Morgan fingerprint density at radius 1 is 0.943 bits per heavy atom. The highest BCUT2D eigenvalue weighted by atomic mass is 16.2. The molecule has 0 saturated carbocycles. The lowest BCUT2D eigenvalue weighted by Gasteiger charge is -2.14. The van der Waals surface area contributed by atoms with Crippen molar-refractivity contribution in [2.75, 3.05) is 10.6 Å². The Bertz CT molecular complexity index is 1450. The number of amides is 2. The van der Waals surface area contributed by atoms with E-state index in [2.05, 4.69) is 10.6 Å². The van der Waals surface area contributed by atoms with Gasteiger partial charge in [0.1, 0.15) is 5.65 Å². The zero-order valence-corrected chi connectivity index (χ0v) is 20.4. The van der Waals surface area contributed by atoms with Crippen LogP contribution in [0.2, 0.25) is 0 Å². The molecule has 0 atom stereocenters. The SMILES string of the molecule is CCn1c(=O)c(CCC(=O)Nc2ccc(NC(C)=O)cc2)c(C)c2c(C)nn(-c3ccccc3)c21. The first-order valence-electron chi connectivity index (χ1n) is 11.6. The zero-order chi connectivity index (χ0) is 25.1. The monoisotopic (exact) mass is 471 g/mol. The molecule has 0 bridgehead atoms. The van der Waals surface area contributed by atoms with Crippen molar-refractivity contribution in [3.8, 4) is 5.69 Å². The van der Waals surface area contributed by atoms with Crippen LogP contribution in [0.5, 0.6) is 0 Å². The molecule has 0 fully saturated rings. The number of para-hydroxylation sites is 1. The molecule has 0 unspecified atom stereocenters. The van der Waals surface area contributed by atoms with Gasteiger partial charge in [-0.3, -0.25) is 19.0 Å². The average molecular weight is 472 g/mol. The van der Waals surface area contributed by atoms with Gasteiger partial charge in [0.25, 0.3) is 5.56 Å². The zero-order valence-electron chi connectivity index (χ0n) is 20.4. The fourth-order valence-corrected chi connectivity index (χ4v) is 4.41. The molecule has 4 rings (SSSR count). The van der Waals surface area contributed by atoms with Crippen molar-refractivity contribution in [2.45, 2.75) is 47.1 Å². The van der Waals surface area contributed by atoms with E-state index in [4.69, 9.17) is 5.10 Å². The number of aryl methyl sites for hydroxylation is 3. The second-order valence-corrected chi connectivity index (χ2v) is 8.49. The number of nitrogens with zero attached hydrogens (tertiary/aromatic N) is 3. The lowest BCUT2D eigenvalue weighted by atomic mass is 10.0. The molecule has 0 aliphatic carbocycles. The summed E-state index contributed by atoms with van der Waals surface area (Å²) in [6, 6.07) is 16.7. The van der Waals surface area contributed by atoms with Crippen molar-refractivity contribution >= 4 is 34.2 Å². The molecule has 2 amide bonds. The lowest BCUT2D eigenvalue weighted by molar-refractivity contribution is -0.116. The summed E-state index contributed by atoms with van der Waals surface area (Å²) < 4.78 is 3.56. The van der Waals surface area contributed by atoms with Gasteiger partial charge in [-0.1, -0.05) is 18.2 Å². The number of aromatic nitrogens is 3. The summed E-state index contributed by atoms with van der Waals surface area (Å²) >= 11 is 0. The fourth-order valence-electron chi connectivity index (χ4n) is 4.41. The van der Waals surface area contributed by atoms with E-state index in [1.165, 1.54) is 6.92 Å². The molecular formula is C27H29N5O3. The minimum atomic E-state index is -0.184. The summed E-state index contributed by atoms with van der Waals surface area (Å²) in [6.45, 7) is 7.75. The highest BCUT2D eigenvalue weighted by molar-refractivity contribution is 5.92. The number of pyridine rings is 1. The Hall–Kier alpha value is -4.20. The van der Waals surface area contributed by atoms with E-state index in [1.807, 2.05) is 55.8 Å². The predicted molar refractivity (Wildman–Crippen MR) is 138 cm³/mol. The molecule has 180 valence electrons. The Labute approximate surface area is 203 Å². The van der Waals surface area contributed by atoms with Crippen molar-refractivity contribution in [3.63, 3.8) is 0 Å². The second kappa shape index (κ2) is 9.97. The Kier molecular flexibility index (Phi) is 6.82. The van der Waals surface area contributed by atoms with Crippen molar-refractivity contribution in [2.24, 2.45) is 0 Å². The number of benzene rings is 2. The van der Waals surface area contributed by atoms with Crippen LogP contribution in [-0.2, 0) is 22.6 Å². The maximum Gasteiger partial charge on any atom is 0.255 e. The van der Waals surface area contributed by atoms with Gasteiger partial charge in [0.05, 0.1) is 11.4 Å². The van der Waals surface area contributed by atoms with Crippen molar-refractivity contribution < 1.29 is 9.59 Å². The van der Waals surface area contributed by atoms with Gasteiger partial charge in [-0.25, -0.2) is 4.68 Å². The summed E-state index contributed by atoms with van der Waals surface area (Å²) in [4.78, 5) is 37.3. The van der Waals surface area contributed by atoms with Crippen LogP contribution in [0.3, 0.4) is 0 Å². The lowest BCUT2D eigenvalue weighted by Crippen LogP contribution is -2.27. The molecule has 2 aromatic heterocycles. The van der Waals surface area contributed by atoms with Gasteiger partial charge in [0, 0.05) is 42.2 Å². The molecule has 35 heavy (non-hydrogen) atoms.